The molecule has 18 heavy (non-hydrogen) atoms. The van der Waals surface area contributed by atoms with Crippen LogP contribution in [-0.4, -0.2) is 40.8 Å². The maximum absolute atomic E-state index is 11.8. The van der Waals surface area contributed by atoms with Crippen LogP contribution in [0.1, 0.15) is 44.9 Å². The van der Waals surface area contributed by atoms with Crippen molar-refractivity contribution in [3.05, 3.63) is 0 Å². The highest BCUT2D eigenvalue weighted by atomic mass is 32.2. The zero-order valence-electron chi connectivity index (χ0n) is 10.9. The molecule has 1 saturated heterocycles. The maximum Gasteiger partial charge on any atom is 0.315 e. The number of hydrogen-bond acceptors (Lipinski definition) is 3. The molecule has 0 bridgehead atoms. The Balaban J connectivity index is 1.67. The fourth-order valence-corrected chi connectivity index (χ4v) is 3.91. The molecule has 2 amide bonds. The van der Waals surface area contributed by atoms with Crippen molar-refractivity contribution in [1.82, 2.24) is 10.6 Å². The second-order valence-corrected chi connectivity index (χ2v) is 6.72. The summed E-state index contributed by atoms with van der Waals surface area (Å²) in [5, 5.41) is 16.1. The van der Waals surface area contributed by atoms with Crippen LogP contribution in [-0.2, 0) is 0 Å². The Morgan fingerprint density at radius 1 is 1.22 bits per heavy atom. The molecule has 4 nitrogen and oxygen atoms in total. The number of aliphatic hydroxyl groups is 1. The zero-order valence-corrected chi connectivity index (χ0v) is 11.7. The Kier molecular flexibility index (Phi) is 5.18. The molecule has 1 saturated carbocycles. The van der Waals surface area contributed by atoms with Crippen LogP contribution in [0.15, 0.2) is 0 Å². The first-order valence-electron chi connectivity index (χ1n) is 7.02. The molecule has 0 aromatic carbocycles. The minimum atomic E-state index is -0.685. The van der Waals surface area contributed by atoms with Gasteiger partial charge in [-0.05, 0) is 37.2 Å². The predicted octanol–water partition coefficient (Wildman–Crippen LogP) is 1.88. The second kappa shape index (κ2) is 6.66. The van der Waals surface area contributed by atoms with Gasteiger partial charge in [0, 0.05) is 12.6 Å². The molecule has 5 heteroatoms. The maximum atomic E-state index is 11.8. The molecule has 104 valence electrons. The van der Waals surface area contributed by atoms with Gasteiger partial charge in [0.15, 0.2) is 0 Å². The average molecular weight is 272 g/mol. The van der Waals surface area contributed by atoms with Crippen molar-refractivity contribution < 1.29 is 9.90 Å². The van der Waals surface area contributed by atoms with Crippen LogP contribution in [0.4, 0.5) is 4.79 Å². The highest BCUT2D eigenvalue weighted by Crippen LogP contribution is 2.26. The topological polar surface area (TPSA) is 61.4 Å². The summed E-state index contributed by atoms with van der Waals surface area (Å²) in [6, 6.07) is 0.212. The summed E-state index contributed by atoms with van der Waals surface area (Å²) >= 11 is 1.87. The minimum absolute atomic E-state index is 0.117. The fraction of sp³-hybridized carbons (Fsp3) is 0.923. The summed E-state index contributed by atoms with van der Waals surface area (Å²) in [4.78, 5) is 11.8. The summed E-state index contributed by atoms with van der Waals surface area (Å²) in [5.74, 6) is 1.98. The van der Waals surface area contributed by atoms with Gasteiger partial charge in [0.1, 0.15) is 0 Å². The summed E-state index contributed by atoms with van der Waals surface area (Å²) in [7, 11) is 0. The van der Waals surface area contributed by atoms with Crippen LogP contribution in [0.5, 0.6) is 0 Å². The molecular formula is C13H24N2O2S. The van der Waals surface area contributed by atoms with E-state index in [-0.39, 0.29) is 6.03 Å². The Labute approximate surface area is 113 Å². The molecule has 1 aliphatic carbocycles. The highest BCUT2D eigenvalue weighted by Gasteiger charge is 2.30. The summed E-state index contributed by atoms with van der Waals surface area (Å²) in [6.07, 6.45) is 7.46. The third-order valence-corrected chi connectivity index (χ3v) is 4.93. The van der Waals surface area contributed by atoms with Crippen molar-refractivity contribution in [1.29, 1.82) is 0 Å². The van der Waals surface area contributed by atoms with Crippen molar-refractivity contribution in [2.45, 2.75) is 56.6 Å². The number of carbonyl (C=O) groups excluding carboxylic acids is 1. The van der Waals surface area contributed by atoms with Crippen LogP contribution in [0.25, 0.3) is 0 Å². The quantitative estimate of drug-likeness (QED) is 0.735. The number of thioether (sulfide) groups is 1. The number of rotatable bonds is 3. The van der Waals surface area contributed by atoms with Gasteiger partial charge >= 0.3 is 6.03 Å². The number of amides is 2. The smallest absolute Gasteiger partial charge is 0.315 e. The van der Waals surface area contributed by atoms with Crippen molar-refractivity contribution in [3.8, 4) is 0 Å². The van der Waals surface area contributed by atoms with Crippen LogP contribution in [0.2, 0.25) is 0 Å². The van der Waals surface area contributed by atoms with Crippen LogP contribution >= 0.6 is 11.8 Å². The van der Waals surface area contributed by atoms with Crippen molar-refractivity contribution in [3.63, 3.8) is 0 Å². The van der Waals surface area contributed by atoms with Crippen molar-refractivity contribution >= 4 is 17.8 Å². The Hall–Kier alpha value is -0.420. The SMILES string of the molecule is O=C(NCC1(O)CCSCC1)NC1CCCCC1. The lowest BCUT2D eigenvalue weighted by molar-refractivity contribution is 0.0345. The lowest BCUT2D eigenvalue weighted by Gasteiger charge is -2.32. The number of carbonyl (C=O) groups is 1. The van der Waals surface area contributed by atoms with Gasteiger partial charge in [-0.2, -0.15) is 11.8 Å². The van der Waals surface area contributed by atoms with E-state index in [1.54, 1.807) is 0 Å². The lowest BCUT2D eigenvalue weighted by Crippen LogP contribution is -2.50. The van der Waals surface area contributed by atoms with Gasteiger partial charge in [0.2, 0.25) is 0 Å². The molecular weight excluding hydrogens is 248 g/mol. The molecule has 2 fully saturated rings. The van der Waals surface area contributed by atoms with E-state index in [4.69, 9.17) is 0 Å². The lowest BCUT2D eigenvalue weighted by atomic mass is 9.95. The molecule has 0 unspecified atom stereocenters. The molecule has 0 spiro atoms. The summed E-state index contributed by atoms with van der Waals surface area (Å²) in [5.41, 5.74) is -0.685. The zero-order chi connectivity index (χ0) is 12.8. The van der Waals surface area contributed by atoms with Crippen LogP contribution < -0.4 is 10.6 Å². The van der Waals surface area contributed by atoms with E-state index in [9.17, 15) is 9.90 Å². The van der Waals surface area contributed by atoms with Crippen LogP contribution in [0, 0.1) is 0 Å². The number of hydrogen-bond donors (Lipinski definition) is 3. The molecule has 1 aliphatic heterocycles. The normalized spacial score (nSPS) is 24.5. The molecule has 3 N–H and O–H groups in total. The number of nitrogens with one attached hydrogen (secondary N) is 2. The highest BCUT2D eigenvalue weighted by molar-refractivity contribution is 7.99. The van der Waals surface area contributed by atoms with Gasteiger partial charge in [-0.25, -0.2) is 4.79 Å². The van der Waals surface area contributed by atoms with E-state index >= 15 is 0 Å². The Morgan fingerprint density at radius 2 is 1.89 bits per heavy atom. The monoisotopic (exact) mass is 272 g/mol. The Bertz CT molecular complexity index is 274. The first-order chi connectivity index (χ1) is 8.68. The van der Waals surface area contributed by atoms with Gasteiger partial charge in [-0.1, -0.05) is 19.3 Å². The largest absolute Gasteiger partial charge is 0.388 e. The molecule has 0 radical (unpaired) electrons. The molecule has 0 atom stereocenters. The van der Waals surface area contributed by atoms with E-state index < -0.39 is 5.60 Å². The minimum Gasteiger partial charge on any atom is -0.388 e. The van der Waals surface area contributed by atoms with E-state index in [2.05, 4.69) is 10.6 Å². The predicted molar refractivity (Wildman–Crippen MR) is 74.9 cm³/mol. The molecule has 2 aliphatic rings. The summed E-state index contributed by atoms with van der Waals surface area (Å²) < 4.78 is 0. The average Bonchev–Trinajstić information content (AvgIpc) is 2.39. The third kappa shape index (κ3) is 4.35. The summed E-state index contributed by atoms with van der Waals surface area (Å²) in [6.45, 7) is 0.381. The van der Waals surface area contributed by atoms with Crippen molar-refractivity contribution in [2.24, 2.45) is 0 Å². The fourth-order valence-electron chi connectivity index (χ4n) is 2.66. The second-order valence-electron chi connectivity index (χ2n) is 5.50. The third-order valence-electron chi connectivity index (χ3n) is 3.94. The molecule has 0 aromatic heterocycles. The first kappa shape index (κ1) is 14.0. The van der Waals surface area contributed by atoms with Gasteiger partial charge < -0.3 is 15.7 Å². The molecule has 0 aromatic rings. The first-order valence-corrected chi connectivity index (χ1v) is 8.18. The standard InChI is InChI=1S/C13H24N2O2S/c16-12(15-11-4-2-1-3-5-11)14-10-13(17)6-8-18-9-7-13/h11,17H,1-10H2,(H2,14,15,16). The van der Waals surface area contributed by atoms with Crippen LogP contribution in [0.3, 0.4) is 0 Å². The van der Waals surface area contributed by atoms with E-state index in [1.165, 1.54) is 19.3 Å². The molecule has 2 rings (SSSR count). The van der Waals surface area contributed by atoms with Crippen molar-refractivity contribution in [2.75, 3.05) is 18.1 Å². The van der Waals surface area contributed by atoms with Gasteiger partial charge in [0.05, 0.1) is 5.60 Å². The number of urea groups is 1. The van der Waals surface area contributed by atoms with E-state index in [0.717, 1.165) is 37.2 Å². The molecule has 1 heterocycles. The van der Waals surface area contributed by atoms with E-state index in [0.29, 0.717) is 12.6 Å². The Morgan fingerprint density at radius 3 is 2.56 bits per heavy atom. The van der Waals surface area contributed by atoms with E-state index in [1.807, 2.05) is 11.8 Å². The van der Waals surface area contributed by atoms with Gasteiger partial charge in [-0.15, -0.1) is 0 Å². The van der Waals surface area contributed by atoms with Gasteiger partial charge in [0.25, 0.3) is 0 Å². The van der Waals surface area contributed by atoms with Gasteiger partial charge in [-0.3, -0.25) is 0 Å².